The van der Waals surface area contributed by atoms with Crippen molar-refractivity contribution in [3.63, 3.8) is 0 Å². The van der Waals surface area contributed by atoms with Crippen molar-refractivity contribution in [2.45, 2.75) is 46.5 Å². The molecular weight excluding hydrogens is 278 g/mol. The molecule has 0 saturated heterocycles. The molecule has 1 atom stereocenters. The van der Waals surface area contributed by atoms with Crippen LogP contribution < -0.4 is 5.32 Å². The summed E-state index contributed by atoms with van der Waals surface area (Å²) in [5.41, 5.74) is 1.19. The fourth-order valence-electron chi connectivity index (χ4n) is 2.25. The van der Waals surface area contributed by atoms with E-state index < -0.39 is 11.9 Å². The second-order valence-corrected chi connectivity index (χ2v) is 6.94. The summed E-state index contributed by atoms with van der Waals surface area (Å²) in [5, 5.41) is 12.0. The van der Waals surface area contributed by atoms with Crippen molar-refractivity contribution >= 4 is 11.9 Å². The Kier molecular flexibility index (Phi) is 7.09. The van der Waals surface area contributed by atoms with Crippen molar-refractivity contribution in [3.8, 4) is 0 Å². The molecule has 0 saturated carbocycles. The molecule has 1 rings (SSSR count). The molecule has 0 aliphatic carbocycles. The number of carboxylic acids is 1. The molecule has 0 heterocycles. The van der Waals surface area contributed by atoms with Gasteiger partial charge in [-0.1, -0.05) is 51.1 Å². The van der Waals surface area contributed by atoms with E-state index in [1.54, 1.807) is 0 Å². The van der Waals surface area contributed by atoms with Crippen molar-refractivity contribution in [2.75, 3.05) is 6.54 Å². The molecule has 22 heavy (non-hydrogen) atoms. The van der Waals surface area contributed by atoms with Crippen molar-refractivity contribution < 1.29 is 14.7 Å². The lowest BCUT2D eigenvalue weighted by Gasteiger charge is -2.18. The predicted molar refractivity (Wildman–Crippen MR) is 87.6 cm³/mol. The lowest BCUT2D eigenvalue weighted by atomic mass is 9.90. The molecule has 0 radical (unpaired) electrons. The largest absolute Gasteiger partial charge is 0.481 e. The van der Waals surface area contributed by atoms with Crippen molar-refractivity contribution in [2.24, 2.45) is 11.3 Å². The van der Waals surface area contributed by atoms with Crippen LogP contribution in [0.5, 0.6) is 0 Å². The monoisotopic (exact) mass is 305 g/mol. The molecule has 1 unspecified atom stereocenters. The number of aliphatic carboxylic acids is 1. The van der Waals surface area contributed by atoms with Crippen molar-refractivity contribution in [1.29, 1.82) is 0 Å². The van der Waals surface area contributed by atoms with Gasteiger partial charge in [-0.05, 0) is 30.2 Å². The lowest BCUT2D eigenvalue weighted by molar-refractivity contribution is -0.141. The minimum Gasteiger partial charge on any atom is -0.481 e. The maximum atomic E-state index is 11.8. The number of rotatable bonds is 8. The van der Waals surface area contributed by atoms with Crippen LogP contribution in [0.2, 0.25) is 0 Å². The Bertz CT molecular complexity index is 477. The van der Waals surface area contributed by atoms with Gasteiger partial charge in [0.15, 0.2) is 0 Å². The van der Waals surface area contributed by atoms with E-state index in [-0.39, 0.29) is 17.9 Å². The summed E-state index contributed by atoms with van der Waals surface area (Å²) < 4.78 is 0. The molecule has 0 spiro atoms. The number of nitrogens with one attached hydrogen (secondary N) is 1. The zero-order chi connectivity index (χ0) is 16.6. The van der Waals surface area contributed by atoms with E-state index in [2.05, 4.69) is 26.1 Å². The van der Waals surface area contributed by atoms with E-state index in [1.807, 2.05) is 30.3 Å². The predicted octanol–water partition coefficient (Wildman–Crippen LogP) is 3.26. The second kappa shape index (κ2) is 8.57. The highest BCUT2D eigenvalue weighted by Gasteiger charge is 2.19. The molecule has 0 aliphatic rings. The van der Waals surface area contributed by atoms with Crippen molar-refractivity contribution in [3.05, 3.63) is 35.9 Å². The Morgan fingerprint density at radius 1 is 1.18 bits per heavy atom. The normalized spacial score (nSPS) is 12.7. The summed E-state index contributed by atoms with van der Waals surface area (Å²) in [5.74, 6) is -1.53. The molecular formula is C18H27NO3. The summed E-state index contributed by atoms with van der Waals surface area (Å²) in [4.78, 5) is 23.1. The first-order chi connectivity index (χ1) is 10.3. The summed E-state index contributed by atoms with van der Waals surface area (Å²) >= 11 is 0. The lowest BCUT2D eigenvalue weighted by Crippen LogP contribution is -2.34. The molecule has 1 amide bonds. The van der Waals surface area contributed by atoms with Gasteiger partial charge in [0, 0.05) is 13.0 Å². The molecule has 0 aliphatic heterocycles. The van der Waals surface area contributed by atoms with E-state index in [4.69, 9.17) is 0 Å². The number of benzene rings is 1. The zero-order valence-corrected chi connectivity index (χ0v) is 13.8. The summed E-state index contributed by atoms with van der Waals surface area (Å²) in [7, 11) is 0. The average molecular weight is 305 g/mol. The van der Waals surface area contributed by atoms with Gasteiger partial charge in [0.05, 0.1) is 5.92 Å². The average Bonchev–Trinajstić information content (AvgIpc) is 2.42. The standard InChI is InChI=1S/C18H27NO3/c1-18(2,3)11-7-10-16(20)19-13-15(17(21)22)12-14-8-5-4-6-9-14/h4-6,8-9,15H,7,10-13H2,1-3H3,(H,19,20)(H,21,22). The first kappa shape index (κ1) is 18.2. The van der Waals surface area contributed by atoms with Crippen LogP contribution >= 0.6 is 0 Å². The van der Waals surface area contributed by atoms with Gasteiger partial charge in [0.2, 0.25) is 5.91 Å². The highest BCUT2D eigenvalue weighted by molar-refractivity contribution is 5.77. The van der Waals surface area contributed by atoms with Crippen LogP contribution in [0.3, 0.4) is 0 Å². The molecule has 1 aromatic rings. The van der Waals surface area contributed by atoms with Crippen LogP contribution in [0.4, 0.5) is 0 Å². The number of hydrogen-bond acceptors (Lipinski definition) is 2. The maximum absolute atomic E-state index is 11.8. The van der Waals surface area contributed by atoms with Crippen LogP contribution in [0.15, 0.2) is 30.3 Å². The minimum absolute atomic E-state index is 0.0661. The Hall–Kier alpha value is -1.84. The van der Waals surface area contributed by atoms with E-state index in [0.29, 0.717) is 12.8 Å². The van der Waals surface area contributed by atoms with Crippen molar-refractivity contribution in [1.82, 2.24) is 5.32 Å². The van der Waals surface area contributed by atoms with Gasteiger partial charge in [-0.15, -0.1) is 0 Å². The SMILES string of the molecule is CC(C)(C)CCCC(=O)NCC(Cc1ccccc1)C(=O)O. The van der Waals surface area contributed by atoms with Crippen LogP contribution in [0, 0.1) is 11.3 Å². The number of amides is 1. The van der Waals surface area contributed by atoms with Gasteiger partial charge >= 0.3 is 5.97 Å². The molecule has 0 aromatic heterocycles. The Balaban J connectivity index is 2.38. The number of carbonyl (C=O) groups excluding carboxylic acids is 1. The second-order valence-electron chi connectivity index (χ2n) is 6.94. The van der Waals surface area contributed by atoms with Gasteiger partial charge in [-0.3, -0.25) is 9.59 Å². The van der Waals surface area contributed by atoms with Gasteiger partial charge in [0.25, 0.3) is 0 Å². The number of carboxylic acid groups (broad SMARTS) is 1. The van der Waals surface area contributed by atoms with E-state index in [9.17, 15) is 14.7 Å². The van der Waals surface area contributed by atoms with Gasteiger partial charge < -0.3 is 10.4 Å². The molecule has 4 heteroatoms. The fourth-order valence-corrected chi connectivity index (χ4v) is 2.25. The van der Waals surface area contributed by atoms with E-state index in [0.717, 1.165) is 18.4 Å². The van der Waals surface area contributed by atoms with Gasteiger partial charge in [-0.25, -0.2) is 0 Å². The molecule has 0 bridgehead atoms. The number of carbonyl (C=O) groups is 2. The smallest absolute Gasteiger partial charge is 0.308 e. The third kappa shape index (κ3) is 7.81. The van der Waals surface area contributed by atoms with Crippen LogP contribution in [-0.2, 0) is 16.0 Å². The Morgan fingerprint density at radius 3 is 2.36 bits per heavy atom. The zero-order valence-electron chi connectivity index (χ0n) is 13.8. The first-order valence-electron chi connectivity index (χ1n) is 7.81. The van der Waals surface area contributed by atoms with Gasteiger partial charge in [0.1, 0.15) is 0 Å². The fraction of sp³-hybridized carbons (Fsp3) is 0.556. The Morgan fingerprint density at radius 2 is 1.82 bits per heavy atom. The quantitative estimate of drug-likeness (QED) is 0.774. The maximum Gasteiger partial charge on any atom is 0.308 e. The molecule has 2 N–H and O–H groups in total. The molecule has 122 valence electrons. The summed E-state index contributed by atoms with van der Waals surface area (Å²) in [6.07, 6.45) is 2.69. The van der Waals surface area contributed by atoms with Crippen LogP contribution in [-0.4, -0.2) is 23.5 Å². The third-order valence-electron chi connectivity index (χ3n) is 3.55. The third-order valence-corrected chi connectivity index (χ3v) is 3.55. The molecule has 4 nitrogen and oxygen atoms in total. The highest BCUT2D eigenvalue weighted by atomic mass is 16.4. The summed E-state index contributed by atoms with van der Waals surface area (Å²) in [6, 6.07) is 9.48. The first-order valence-corrected chi connectivity index (χ1v) is 7.81. The number of hydrogen-bond donors (Lipinski definition) is 2. The molecule has 1 aromatic carbocycles. The van der Waals surface area contributed by atoms with E-state index >= 15 is 0 Å². The van der Waals surface area contributed by atoms with Gasteiger partial charge in [-0.2, -0.15) is 0 Å². The Labute approximate surface area is 132 Å². The molecule has 0 fully saturated rings. The highest BCUT2D eigenvalue weighted by Crippen LogP contribution is 2.21. The minimum atomic E-state index is -0.876. The van der Waals surface area contributed by atoms with Crippen LogP contribution in [0.25, 0.3) is 0 Å². The van der Waals surface area contributed by atoms with Crippen LogP contribution in [0.1, 0.15) is 45.6 Å². The topological polar surface area (TPSA) is 66.4 Å². The summed E-state index contributed by atoms with van der Waals surface area (Å²) in [6.45, 7) is 6.61. The van der Waals surface area contributed by atoms with E-state index in [1.165, 1.54) is 0 Å².